The quantitative estimate of drug-likeness (QED) is 0.197. The largest absolute Gasteiger partial charge is 0.316 e. The first-order valence-corrected chi connectivity index (χ1v) is 14.1. The van der Waals surface area contributed by atoms with E-state index in [0.717, 1.165) is 54.8 Å². The Morgan fingerprint density at radius 1 is 1.09 bits per heavy atom. The molecule has 1 unspecified atom stereocenters. The number of thioether (sulfide) groups is 1. The van der Waals surface area contributed by atoms with E-state index in [1.54, 1.807) is 12.1 Å². The van der Waals surface area contributed by atoms with Crippen LogP contribution in [0.1, 0.15) is 88.0 Å². The number of aliphatic imine (C=N–C) groups is 1. The number of amidine groups is 1. The number of benzene rings is 1. The van der Waals surface area contributed by atoms with Crippen molar-refractivity contribution < 1.29 is 9.23 Å². The van der Waals surface area contributed by atoms with Crippen LogP contribution in [0.25, 0.3) is 0 Å². The molecule has 1 aromatic carbocycles. The number of nitrogens with one attached hydrogen (secondary N) is 1. The topological polar surface area (TPSA) is 68.5 Å². The molecule has 0 bridgehead atoms. The number of rotatable bonds is 14. The van der Waals surface area contributed by atoms with Gasteiger partial charge in [-0.3, -0.25) is 4.79 Å². The molecule has 4 rings (SSSR count). The van der Waals surface area contributed by atoms with Crippen LogP contribution < -0.4 is 11.0 Å². The van der Waals surface area contributed by atoms with E-state index in [1.165, 1.54) is 68.8 Å². The summed E-state index contributed by atoms with van der Waals surface area (Å²) in [7, 11) is 0. The summed E-state index contributed by atoms with van der Waals surface area (Å²) in [5.41, 5.74) is 5.76. The SMILES string of the molecule is CCCCCCCCCCC1N=C(Cn2c(SCc3ccc(F)cc3)nc(=O)c3c2CCC3)NO1. The van der Waals surface area contributed by atoms with Crippen LogP contribution in [0.4, 0.5) is 4.39 Å². The predicted octanol–water partition coefficient (Wildman–Crippen LogP) is 5.95. The van der Waals surface area contributed by atoms with Gasteiger partial charge in [0.05, 0.1) is 6.54 Å². The zero-order valence-electron chi connectivity index (χ0n) is 20.7. The van der Waals surface area contributed by atoms with Gasteiger partial charge in [-0.25, -0.2) is 19.7 Å². The van der Waals surface area contributed by atoms with E-state index in [9.17, 15) is 9.18 Å². The molecule has 0 saturated heterocycles. The van der Waals surface area contributed by atoms with E-state index in [-0.39, 0.29) is 17.6 Å². The fourth-order valence-corrected chi connectivity index (χ4v) is 5.72. The molecule has 2 heterocycles. The Bertz CT molecular complexity index is 1050. The average molecular weight is 501 g/mol. The molecule has 35 heavy (non-hydrogen) atoms. The number of aromatic nitrogens is 2. The maximum Gasteiger partial charge on any atom is 0.277 e. The molecule has 0 amide bonds. The van der Waals surface area contributed by atoms with Crippen molar-refractivity contribution in [1.82, 2.24) is 15.0 Å². The molecular formula is C27H37FN4O2S. The number of hydroxylamine groups is 1. The van der Waals surface area contributed by atoms with Crippen molar-refractivity contribution in [2.45, 2.75) is 108 Å². The Labute approximate surface area is 211 Å². The Hall–Kier alpha value is -2.19. The van der Waals surface area contributed by atoms with Crippen LogP contribution >= 0.6 is 11.8 Å². The van der Waals surface area contributed by atoms with E-state index >= 15 is 0 Å². The van der Waals surface area contributed by atoms with E-state index in [4.69, 9.17) is 9.83 Å². The van der Waals surface area contributed by atoms with Gasteiger partial charge in [-0.2, -0.15) is 4.98 Å². The summed E-state index contributed by atoms with van der Waals surface area (Å²) < 4.78 is 15.4. The third-order valence-corrected chi connectivity index (χ3v) is 7.75. The van der Waals surface area contributed by atoms with E-state index in [1.807, 2.05) is 0 Å². The highest BCUT2D eigenvalue weighted by Gasteiger charge is 2.25. The molecule has 1 atom stereocenters. The summed E-state index contributed by atoms with van der Waals surface area (Å²) in [6.07, 6.45) is 13.7. The second-order valence-electron chi connectivity index (χ2n) is 9.49. The molecule has 0 spiro atoms. The van der Waals surface area contributed by atoms with Gasteiger partial charge in [0, 0.05) is 17.0 Å². The summed E-state index contributed by atoms with van der Waals surface area (Å²) in [6, 6.07) is 6.45. The second-order valence-corrected chi connectivity index (χ2v) is 10.4. The highest BCUT2D eigenvalue weighted by atomic mass is 32.2. The van der Waals surface area contributed by atoms with E-state index in [2.05, 4.69) is 22.0 Å². The molecule has 2 aromatic rings. The van der Waals surface area contributed by atoms with E-state index < -0.39 is 0 Å². The molecular weight excluding hydrogens is 463 g/mol. The van der Waals surface area contributed by atoms with Crippen molar-refractivity contribution in [1.29, 1.82) is 0 Å². The molecule has 1 N–H and O–H groups in total. The molecule has 0 saturated carbocycles. The molecule has 8 heteroatoms. The summed E-state index contributed by atoms with van der Waals surface area (Å²) in [6.45, 7) is 2.76. The van der Waals surface area contributed by atoms with Gasteiger partial charge in [-0.15, -0.1) is 0 Å². The number of unbranched alkanes of at least 4 members (excludes halogenated alkanes) is 7. The van der Waals surface area contributed by atoms with Crippen molar-refractivity contribution in [3.05, 3.63) is 57.3 Å². The summed E-state index contributed by atoms with van der Waals surface area (Å²) in [4.78, 5) is 27.5. The highest BCUT2D eigenvalue weighted by Crippen LogP contribution is 2.27. The van der Waals surface area contributed by atoms with Gasteiger partial charge in [0.15, 0.2) is 11.4 Å². The third-order valence-electron chi connectivity index (χ3n) is 6.71. The van der Waals surface area contributed by atoms with Crippen LogP contribution in [0.3, 0.4) is 0 Å². The first-order valence-electron chi connectivity index (χ1n) is 13.1. The summed E-state index contributed by atoms with van der Waals surface area (Å²) >= 11 is 1.50. The first-order chi connectivity index (χ1) is 17.1. The van der Waals surface area contributed by atoms with Crippen molar-refractivity contribution in [2.75, 3.05) is 0 Å². The monoisotopic (exact) mass is 500 g/mol. The van der Waals surface area contributed by atoms with E-state index in [0.29, 0.717) is 17.5 Å². The van der Waals surface area contributed by atoms with Gasteiger partial charge < -0.3 is 4.57 Å². The highest BCUT2D eigenvalue weighted by molar-refractivity contribution is 7.98. The molecule has 0 fully saturated rings. The lowest BCUT2D eigenvalue weighted by Gasteiger charge is -2.16. The minimum atomic E-state index is -0.252. The van der Waals surface area contributed by atoms with Gasteiger partial charge >= 0.3 is 0 Å². The van der Waals surface area contributed by atoms with Crippen molar-refractivity contribution in [2.24, 2.45) is 4.99 Å². The van der Waals surface area contributed by atoms with Crippen LogP contribution in [-0.4, -0.2) is 21.6 Å². The van der Waals surface area contributed by atoms with Crippen LogP contribution in [0, 0.1) is 5.82 Å². The maximum atomic E-state index is 13.3. The second kappa shape index (κ2) is 13.2. The van der Waals surface area contributed by atoms with Gasteiger partial charge in [-0.05, 0) is 49.8 Å². The predicted molar refractivity (Wildman–Crippen MR) is 139 cm³/mol. The normalized spacial score (nSPS) is 16.9. The number of halogens is 1. The lowest BCUT2D eigenvalue weighted by Crippen LogP contribution is -2.28. The zero-order chi connectivity index (χ0) is 24.5. The van der Waals surface area contributed by atoms with Crippen LogP contribution in [-0.2, 0) is 30.0 Å². The molecule has 1 aliphatic carbocycles. The first kappa shape index (κ1) is 25.9. The van der Waals surface area contributed by atoms with Crippen LogP contribution in [0.5, 0.6) is 0 Å². The van der Waals surface area contributed by atoms with Crippen LogP contribution in [0.15, 0.2) is 39.2 Å². The lowest BCUT2D eigenvalue weighted by atomic mass is 10.1. The van der Waals surface area contributed by atoms with Gasteiger partial charge in [-0.1, -0.05) is 75.8 Å². The standard InChI is InChI=1S/C27H37FN4O2S/c1-2-3-4-5-6-7-8-9-13-25-29-24(31-34-25)18-32-23-12-10-11-22(23)26(33)30-27(32)35-19-20-14-16-21(28)17-15-20/h14-17,25H,2-13,18-19H2,1H3,(H,29,31). The summed E-state index contributed by atoms with van der Waals surface area (Å²) in [5.74, 6) is 1.14. The van der Waals surface area contributed by atoms with Gasteiger partial charge in [0.1, 0.15) is 11.7 Å². The summed E-state index contributed by atoms with van der Waals surface area (Å²) in [5, 5.41) is 0.677. The van der Waals surface area contributed by atoms with Crippen molar-refractivity contribution in [3.63, 3.8) is 0 Å². The molecule has 1 aliphatic heterocycles. The Morgan fingerprint density at radius 2 is 1.83 bits per heavy atom. The lowest BCUT2D eigenvalue weighted by molar-refractivity contribution is 0.0311. The minimum Gasteiger partial charge on any atom is -0.316 e. The number of hydrogen-bond acceptors (Lipinski definition) is 6. The molecule has 190 valence electrons. The Morgan fingerprint density at radius 3 is 2.60 bits per heavy atom. The molecule has 6 nitrogen and oxygen atoms in total. The van der Waals surface area contributed by atoms with Crippen molar-refractivity contribution in [3.8, 4) is 0 Å². The molecule has 2 aliphatic rings. The minimum absolute atomic E-state index is 0.125. The third kappa shape index (κ3) is 7.40. The number of nitrogens with zero attached hydrogens (tertiary/aromatic N) is 3. The fourth-order valence-electron chi connectivity index (χ4n) is 4.75. The molecule has 1 aromatic heterocycles. The molecule has 0 radical (unpaired) electrons. The Kier molecular flexibility index (Phi) is 9.77. The average Bonchev–Trinajstić information content (AvgIpc) is 3.53. The van der Waals surface area contributed by atoms with Gasteiger partial charge in [0.2, 0.25) is 0 Å². The fraction of sp³-hybridized carbons (Fsp3) is 0.593. The zero-order valence-corrected chi connectivity index (χ0v) is 21.5. The van der Waals surface area contributed by atoms with Crippen molar-refractivity contribution >= 4 is 17.6 Å². The Balaban J connectivity index is 1.35. The smallest absolute Gasteiger partial charge is 0.277 e. The number of hydrogen-bond donors (Lipinski definition) is 1. The maximum absolute atomic E-state index is 13.3. The number of fused-ring (bicyclic) bond motifs is 1. The van der Waals surface area contributed by atoms with Gasteiger partial charge in [0.25, 0.3) is 5.56 Å². The van der Waals surface area contributed by atoms with Crippen LogP contribution in [0.2, 0.25) is 0 Å².